The molecule has 0 unspecified atom stereocenters. The van der Waals surface area contributed by atoms with E-state index < -0.39 is 0 Å². The van der Waals surface area contributed by atoms with Crippen LogP contribution in [-0.4, -0.2) is 51.5 Å². The number of benzene rings is 2. The summed E-state index contributed by atoms with van der Waals surface area (Å²) in [5.74, 6) is 2.05. The van der Waals surface area contributed by atoms with E-state index in [0.29, 0.717) is 11.7 Å². The highest BCUT2D eigenvalue weighted by Crippen LogP contribution is 2.25. The van der Waals surface area contributed by atoms with Crippen molar-refractivity contribution < 1.29 is 9.53 Å². The molecule has 2 heterocycles. The lowest BCUT2D eigenvalue weighted by Crippen LogP contribution is -2.39. The van der Waals surface area contributed by atoms with Crippen molar-refractivity contribution in [3.63, 3.8) is 0 Å². The van der Waals surface area contributed by atoms with Gasteiger partial charge < -0.3 is 9.64 Å². The van der Waals surface area contributed by atoms with E-state index in [0.717, 1.165) is 48.9 Å². The molecule has 1 aromatic heterocycles. The van der Waals surface area contributed by atoms with E-state index >= 15 is 0 Å². The summed E-state index contributed by atoms with van der Waals surface area (Å²) in [6, 6.07) is 16.5. The number of piperidine rings is 1. The maximum atomic E-state index is 12.8. The molecule has 4 rings (SSSR count). The summed E-state index contributed by atoms with van der Waals surface area (Å²) in [4.78, 5) is 14.8. The molecule has 7 heteroatoms. The quantitative estimate of drug-likeness (QED) is 0.471. The third kappa shape index (κ3) is 5.71. The minimum Gasteiger partial charge on any atom is -0.497 e. The number of hydrogen-bond acceptors (Lipinski definition) is 5. The monoisotopic (exact) mass is 450 g/mol. The molecule has 0 bridgehead atoms. The number of carbonyl (C=O) groups is 1. The van der Waals surface area contributed by atoms with Gasteiger partial charge in [-0.3, -0.25) is 9.36 Å². The lowest BCUT2D eigenvalue weighted by Gasteiger charge is -2.32. The van der Waals surface area contributed by atoms with Crippen molar-refractivity contribution >= 4 is 17.7 Å². The molecular formula is C25H30N4O2S. The first kappa shape index (κ1) is 22.4. The lowest BCUT2D eigenvalue weighted by atomic mass is 9.90. The fourth-order valence-electron chi connectivity index (χ4n) is 4.06. The number of methoxy groups -OCH3 is 1. The molecule has 3 aromatic rings. The van der Waals surface area contributed by atoms with Crippen LogP contribution in [0.5, 0.6) is 5.75 Å². The number of ether oxygens (including phenoxy) is 1. The molecule has 0 aliphatic carbocycles. The van der Waals surface area contributed by atoms with Gasteiger partial charge in [-0.1, -0.05) is 41.6 Å². The number of aromatic nitrogens is 3. The molecule has 1 saturated heterocycles. The van der Waals surface area contributed by atoms with E-state index in [9.17, 15) is 4.79 Å². The zero-order valence-electron chi connectivity index (χ0n) is 18.7. The van der Waals surface area contributed by atoms with Crippen LogP contribution in [0.1, 0.15) is 30.4 Å². The first-order chi connectivity index (χ1) is 15.6. The van der Waals surface area contributed by atoms with Gasteiger partial charge in [0.05, 0.1) is 12.9 Å². The Balaban J connectivity index is 1.23. The van der Waals surface area contributed by atoms with Crippen molar-refractivity contribution in [1.29, 1.82) is 0 Å². The van der Waals surface area contributed by atoms with Gasteiger partial charge in [-0.2, -0.15) is 0 Å². The van der Waals surface area contributed by atoms with Gasteiger partial charge in [0.2, 0.25) is 5.91 Å². The summed E-state index contributed by atoms with van der Waals surface area (Å²) >= 11 is 1.44. The Bertz CT molecular complexity index is 1010. The van der Waals surface area contributed by atoms with Crippen molar-refractivity contribution in [2.24, 2.45) is 5.92 Å². The summed E-state index contributed by atoms with van der Waals surface area (Å²) < 4.78 is 7.11. The van der Waals surface area contributed by atoms with Crippen LogP contribution in [0.2, 0.25) is 0 Å². The molecule has 0 atom stereocenters. The highest BCUT2D eigenvalue weighted by atomic mass is 32.2. The third-order valence-corrected chi connectivity index (χ3v) is 7.05. The Labute approximate surface area is 194 Å². The third-order valence-electron chi connectivity index (χ3n) is 6.12. The highest BCUT2D eigenvalue weighted by Gasteiger charge is 2.23. The Morgan fingerprint density at radius 3 is 2.50 bits per heavy atom. The van der Waals surface area contributed by atoms with E-state index in [4.69, 9.17) is 4.74 Å². The normalized spacial score (nSPS) is 14.5. The topological polar surface area (TPSA) is 60.2 Å². The van der Waals surface area contributed by atoms with Crippen LogP contribution < -0.4 is 4.74 Å². The fourth-order valence-corrected chi connectivity index (χ4v) is 4.89. The zero-order chi connectivity index (χ0) is 22.3. The van der Waals surface area contributed by atoms with Gasteiger partial charge in [0, 0.05) is 18.8 Å². The Kier molecular flexibility index (Phi) is 7.47. The molecule has 1 aliphatic rings. The largest absolute Gasteiger partial charge is 0.497 e. The second-order valence-electron chi connectivity index (χ2n) is 8.32. The van der Waals surface area contributed by atoms with Crippen molar-refractivity contribution in [2.75, 3.05) is 26.0 Å². The number of carbonyl (C=O) groups excluding carboxylic acids is 1. The first-order valence-electron chi connectivity index (χ1n) is 11.1. The van der Waals surface area contributed by atoms with Crippen LogP contribution >= 0.6 is 11.8 Å². The number of aryl methyl sites for hydroxylation is 2. The molecule has 32 heavy (non-hydrogen) atoms. The van der Waals surface area contributed by atoms with Crippen molar-refractivity contribution in [1.82, 2.24) is 19.7 Å². The predicted octanol–water partition coefficient (Wildman–Crippen LogP) is 4.55. The van der Waals surface area contributed by atoms with Gasteiger partial charge in [0.25, 0.3) is 0 Å². The average Bonchev–Trinajstić information content (AvgIpc) is 3.31. The molecule has 0 N–H and O–H groups in total. The Morgan fingerprint density at radius 1 is 1.09 bits per heavy atom. The molecule has 0 radical (unpaired) electrons. The van der Waals surface area contributed by atoms with Crippen LogP contribution in [0, 0.1) is 12.8 Å². The minimum absolute atomic E-state index is 0.177. The highest BCUT2D eigenvalue weighted by molar-refractivity contribution is 7.99. The number of thioether (sulfide) groups is 1. The molecule has 0 saturated carbocycles. The Hall–Kier alpha value is -2.80. The average molecular weight is 451 g/mol. The van der Waals surface area contributed by atoms with Crippen molar-refractivity contribution in [2.45, 2.75) is 37.8 Å². The van der Waals surface area contributed by atoms with Crippen molar-refractivity contribution in [3.8, 4) is 11.4 Å². The van der Waals surface area contributed by atoms with Crippen LogP contribution in [0.15, 0.2) is 60.0 Å². The lowest BCUT2D eigenvalue weighted by molar-refractivity contribution is -0.129. The van der Waals surface area contributed by atoms with Gasteiger partial charge in [-0.15, -0.1) is 10.2 Å². The zero-order valence-corrected chi connectivity index (χ0v) is 19.6. The number of nitrogens with zero attached hydrogens (tertiary/aromatic N) is 4. The van der Waals surface area contributed by atoms with E-state index in [1.807, 2.05) is 33.7 Å². The maximum Gasteiger partial charge on any atom is 0.233 e. The summed E-state index contributed by atoms with van der Waals surface area (Å²) in [5.41, 5.74) is 3.66. The van der Waals surface area contributed by atoms with Crippen LogP contribution in [-0.2, 0) is 11.2 Å². The van der Waals surface area contributed by atoms with Crippen LogP contribution in [0.4, 0.5) is 0 Å². The second-order valence-corrected chi connectivity index (χ2v) is 9.26. The molecule has 0 spiro atoms. The second kappa shape index (κ2) is 10.7. The van der Waals surface area contributed by atoms with E-state index in [2.05, 4.69) is 41.4 Å². The predicted molar refractivity (Wildman–Crippen MR) is 127 cm³/mol. The SMILES string of the molecule is COc1ccc(-n2cnnc2SCC(=O)N2CCC(CCc3ccc(C)cc3)CC2)cc1. The summed E-state index contributed by atoms with van der Waals surface area (Å²) in [6.07, 6.45) is 6.17. The summed E-state index contributed by atoms with van der Waals surface area (Å²) in [5, 5.41) is 8.94. The molecule has 1 aliphatic heterocycles. The molecular weight excluding hydrogens is 420 g/mol. The molecule has 1 amide bonds. The van der Waals surface area contributed by atoms with E-state index in [-0.39, 0.29) is 5.91 Å². The fraction of sp³-hybridized carbons (Fsp3) is 0.400. The van der Waals surface area contributed by atoms with Crippen molar-refractivity contribution in [3.05, 3.63) is 66.0 Å². The number of likely N-dealkylation sites (tertiary alicyclic amines) is 1. The van der Waals surface area contributed by atoms with E-state index in [1.54, 1.807) is 13.4 Å². The minimum atomic E-state index is 0.177. The van der Waals surface area contributed by atoms with Gasteiger partial charge in [-0.25, -0.2) is 0 Å². The Morgan fingerprint density at radius 2 is 1.81 bits per heavy atom. The number of amides is 1. The van der Waals surface area contributed by atoms with Crippen LogP contribution in [0.3, 0.4) is 0 Å². The van der Waals surface area contributed by atoms with Gasteiger partial charge >= 0.3 is 0 Å². The first-order valence-corrected chi connectivity index (χ1v) is 12.1. The van der Waals surface area contributed by atoms with Gasteiger partial charge in [0.1, 0.15) is 12.1 Å². The molecule has 1 fully saturated rings. The van der Waals surface area contributed by atoms with Gasteiger partial charge in [-0.05, 0) is 68.4 Å². The van der Waals surface area contributed by atoms with Gasteiger partial charge in [0.15, 0.2) is 5.16 Å². The molecule has 6 nitrogen and oxygen atoms in total. The molecule has 2 aromatic carbocycles. The standard InChI is InChI=1S/C25H30N4O2S/c1-19-3-5-20(6-4-19)7-8-21-13-15-28(16-14-21)24(30)17-32-25-27-26-18-29(25)22-9-11-23(31-2)12-10-22/h3-6,9-12,18,21H,7-8,13-17H2,1-2H3. The summed E-state index contributed by atoms with van der Waals surface area (Å²) in [6.45, 7) is 3.82. The molecule has 168 valence electrons. The van der Waals surface area contributed by atoms with E-state index in [1.165, 1.54) is 29.3 Å². The number of hydrogen-bond donors (Lipinski definition) is 0. The maximum absolute atomic E-state index is 12.8. The smallest absolute Gasteiger partial charge is 0.233 e. The van der Waals surface area contributed by atoms with Crippen LogP contribution in [0.25, 0.3) is 5.69 Å². The summed E-state index contributed by atoms with van der Waals surface area (Å²) in [7, 11) is 1.65. The number of rotatable bonds is 8.